The third-order valence-corrected chi connectivity index (χ3v) is 7.28. The van der Waals surface area contributed by atoms with Crippen LogP contribution >= 0.6 is 35.0 Å². The number of para-hydroxylation sites is 2. The molecule has 32 heavy (non-hydrogen) atoms. The van der Waals surface area contributed by atoms with Gasteiger partial charge in [-0.05, 0) is 41.8 Å². The summed E-state index contributed by atoms with van der Waals surface area (Å²) in [6.07, 6.45) is 0. The zero-order chi connectivity index (χ0) is 22.8. The van der Waals surface area contributed by atoms with Crippen LogP contribution in [0.4, 0.5) is 11.4 Å². The van der Waals surface area contributed by atoms with E-state index >= 15 is 0 Å². The normalized spacial score (nSPS) is 16.0. The molecule has 0 radical (unpaired) electrons. The third kappa shape index (κ3) is 4.51. The van der Waals surface area contributed by atoms with E-state index in [2.05, 4.69) is 25.2 Å². The minimum Gasteiger partial charge on any atom is -0.322 e. The number of rotatable bonds is 5. The van der Waals surface area contributed by atoms with Crippen LogP contribution in [0.2, 0.25) is 10.0 Å². The number of thioether (sulfide) groups is 1. The highest BCUT2D eigenvalue weighted by Crippen LogP contribution is 2.46. The Balaban J connectivity index is 1.69. The summed E-state index contributed by atoms with van der Waals surface area (Å²) < 4.78 is 0. The molecule has 7 heteroatoms. The molecule has 0 saturated carbocycles. The molecule has 4 nitrogen and oxygen atoms in total. The van der Waals surface area contributed by atoms with Gasteiger partial charge in [-0.2, -0.15) is 0 Å². The van der Waals surface area contributed by atoms with Crippen LogP contribution in [0.15, 0.2) is 66.7 Å². The van der Waals surface area contributed by atoms with Crippen molar-refractivity contribution in [2.45, 2.75) is 25.1 Å². The summed E-state index contributed by atoms with van der Waals surface area (Å²) in [5.41, 5.74) is 3.96. The number of hydrogen-bond acceptors (Lipinski definition) is 3. The average Bonchev–Trinajstić information content (AvgIpc) is 3.16. The highest BCUT2D eigenvalue weighted by Gasteiger charge is 2.36. The molecule has 1 aliphatic heterocycles. The lowest BCUT2D eigenvalue weighted by Gasteiger charge is -2.29. The first-order valence-electron chi connectivity index (χ1n) is 10.2. The minimum absolute atomic E-state index is 0.0544. The number of hydrogen-bond donors (Lipinski definition) is 1. The molecule has 0 spiro atoms. The van der Waals surface area contributed by atoms with Crippen molar-refractivity contribution in [2.24, 2.45) is 0 Å². The van der Waals surface area contributed by atoms with Crippen molar-refractivity contribution >= 4 is 58.2 Å². The van der Waals surface area contributed by atoms with Gasteiger partial charge in [0.05, 0.1) is 15.8 Å². The molecule has 1 fully saturated rings. The molecule has 164 valence electrons. The predicted molar refractivity (Wildman–Crippen MR) is 134 cm³/mol. The van der Waals surface area contributed by atoms with Crippen LogP contribution in [0.1, 0.15) is 46.6 Å². The molecule has 1 saturated heterocycles. The van der Waals surface area contributed by atoms with Crippen molar-refractivity contribution in [3.8, 4) is 0 Å². The molecular formula is C25H22Cl2N2O2S. The Kier molecular flexibility index (Phi) is 6.79. The first kappa shape index (κ1) is 22.7. The van der Waals surface area contributed by atoms with Crippen LogP contribution in [-0.2, 0) is 4.79 Å². The number of nitrogens with one attached hydrogen (secondary N) is 1. The van der Waals surface area contributed by atoms with Crippen LogP contribution in [0.5, 0.6) is 0 Å². The van der Waals surface area contributed by atoms with E-state index in [1.165, 1.54) is 0 Å². The number of carbonyl (C=O) groups is 2. The van der Waals surface area contributed by atoms with Gasteiger partial charge in [0.25, 0.3) is 5.91 Å². The smallest absolute Gasteiger partial charge is 0.255 e. The molecule has 0 bridgehead atoms. The van der Waals surface area contributed by atoms with Gasteiger partial charge in [-0.1, -0.05) is 73.4 Å². The molecule has 2 amide bonds. The number of carbonyl (C=O) groups excluding carboxylic acids is 2. The first-order chi connectivity index (χ1) is 15.4. The highest BCUT2D eigenvalue weighted by atomic mass is 35.5. The number of halogens is 2. The summed E-state index contributed by atoms with van der Waals surface area (Å²) in [6, 6.07) is 20.3. The van der Waals surface area contributed by atoms with Crippen molar-refractivity contribution in [2.75, 3.05) is 16.0 Å². The van der Waals surface area contributed by atoms with E-state index < -0.39 is 0 Å². The molecule has 0 aromatic heterocycles. The van der Waals surface area contributed by atoms with E-state index in [0.717, 1.165) is 16.8 Å². The van der Waals surface area contributed by atoms with E-state index in [-0.39, 0.29) is 23.1 Å². The summed E-state index contributed by atoms with van der Waals surface area (Å²) >= 11 is 13.6. The summed E-state index contributed by atoms with van der Waals surface area (Å²) in [5.74, 6) is 0.416. The molecule has 0 aliphatic carbocycles. The predicted octanol–water partition coefficient (Wildman–Crippen LogP) is 7.15. The molecule has 3 aromatic carbocycles. The van der Waals surface area contributed by atoms with Crippen molar-refractivity contribution in [1.82, 2.24) is 0 Å². The van der Waals surface area contributed by atoms with Crippen LogP contribution in [0.3, 0.4) is 0 Å². The highest BCUT2D eigenvalue weighted by molar-refractivity contribution is 8.00. The first-order valence-corrected chi connectivity index (χ1v) is 12.0. The lowest BCUT2D eigenvalue weighted by molar-refractivity contribution is -0.115. The lowest BCUT2D eigenvalue weighted by atomic mass is 10.00. The lowest BCUT2D eigenvalue weighted by Crippen LogP contribution is -2.29. The molecule has 0 unspecified atom stereocenters. The quantitative estimate of drug-likeness (QED) is 0.418. The van der Waals surface area contributed by atoms with Crippen LogP contribution < -0.4 is 10.2 Å². The Bertz CT molecular complexity index is 1180. The number of nitrogens with zero attached hydrogens (tertiary/aromatic N) is 1. The molecule has 3 aromatic rings. The maximum atomic E-state index is 12.9. The maximum absolute atomic E-state index is 12.9. The van der Waals surface area contributed by atoms with E-state index in [4.69, 9.17) is 23.2 Å². The van der Waals surface area contributed by atoms with Crippen LogP contribution in [0, 0.1) is 0 Å². The summed E-state index contributed by atoms with van der Waals surface area (Å²) in [6.45, 7) is 4.24. The van der Waals surface area contributed by atoms with E-state index in [1.807, 2.05) is 47.4 Å². The van der Waals surface area contributed by atoms with Gasteiger partial charge in [0.15, 0.2) is 0 Å². The second-order valence-electron chi connectivity index (χ2n) is 7.81. The molecule has 1 aliphatic rings. The van der Waals surface area contributed by atoms with Crippen LogP contribution in [0.25, 0.3) is 0 Å². The largest absolute Gasteiger partial charge is 0.322 e. The fourth-order valence-electron chi connectivity index (χ4n) is 3.77. The SMILES string of the molecule is CC(C)c1ccccc1N1C(=O)CS[C@H]1c1ccccc1NC(=O)c1ccc(Cl)c(Cl)c1. The Morgan fingerprint density at radius 3 is 2.50 bits per heavy atom. The molecular weight excluding hydrogens is 463 g/mol. The Morgan fingerprint density at radius 2 is 1.75 bits per heavy atom. The monoisotopic (exact) mass is 484 g/mol. The molecule has 1 heterocycles. The van der Waals surface area contributed by atoms with Gasteiger partial charge in [-0.3, -0.25) is 14.5 Å². The zero-order valence-corrected chi connectivity index (χ0v) is 20.0. The van der Waals surface area contributed by atoms with Crippen molar-refractivity contribution in [1.29, 1.82) is 0 Å². The molecule has 1 N–H and O–H groups in total. The van der Waals surface area contributed by atoms with Gasteiger partial charge in [-0.15, -0.1) is 11.8 Å². The molecule has 4 rings (SSSR count). The van der Waals surface area contributed by atoms with Crippen molar-refractivity contribution < 1.29 is 9.59 Å². The zero-order valence-electron chi connectivity index (χ0n) is 17.6. The van der Waals surface area contributed by atoms with Crippen molar-refractivity contribution in [3.63, 3.8) is 0 Å². The number of anilines is 2. The number of benzene rings is 3. The fourth-order valence-corrected chi connectivity index (χ4v) is 5.27. The Morgan fingerprint density at radius 1 is 1.03 bits per heavy atom. The summed E-state index contributed by atoms with van der Waals surface area (Å²) in [4.78, 5) is 27.7. The summed E-state index contributed by atoms with van der Waals surface area (Å²) in [5, 5.41) is 3.45. The van der Waals surface area contributed by atoms with Gasteiger partial charge in [0.2, 0.25) is 5.91 Å². The Labute approximate surface area is 201 Å². The Hall–Kier alpha value is -2.47. The van der Waals surface area contributed by atoms with Gasteiger partial charge >= 0.3 is 0 Å². The van der Waals surface area contributed by atoms with Gasteiger partial charge in [0.1, 0.15) is 5.37 Å². The second-order valence-corrected chi connectivity index (χ2v) is 9.69. The average molecular weight is 485 g/mol. The van der Waals surface area contributed by atoms with E-state index in [9.17, 15) is 9.59 Å². The van der Waals surface area contributed by atoms with E-state index in [0.29, 0.717) is 27.0 Å². The van der Waals surface area contributed by atoms with Crippen molar-refractivity contribution in [3.05, 3.63) is 93.5 Å². The third-order valence-electron chi connectivity index (χ3n) is 5.34. The maximum Gasteiger partial charge on any atom is 0.255 e. The fraction of sp³-hybridized carbons (Fsp3) is 0.200. The summed E-state index contributed by atoms with van der Waals surface area (Å²) in [7, 11) is 0. The van der Waals surface area contributed by atoms with E-state index in [1.54, 1.807) is 30.0 Å². The minimum atomic E-state index is -0.292. The topological polar surface area (TPSA) is 49.4 Å². The van der Waals surface area contributed by atoms with Crippen LogP contribution in [-0.4, -0.2) is 17.6 Å². The molecule has 1 atom stereocenters. The van der Waals surface area contributed by atoms with Gasteiger partial charge < -0.3 is 5.32 Å². The second kappa shape index (κ2) is 9.57. The number of amides is 2. The van der Waals surface area contributed by atoms with Gasteiger partial charge in [-0.25, -0.2) is 0 Å². The van der Waals surface area contributed by atoms with Gasteiger partial charge in [0, 0.05) is 22.5 Å². The standard InChI is InChI=1S/C25H22Cl2N2O2S/c1-15(2)17-7-4-6-10-22(17)29-23(30)14-32-25(29)18-8-3-5-9-21(18)28-24(31)16-11-12-19(26)20(27)13-16/h3-13,15,25H,14H2,1-2H3,(H,28,31)/t25-/m0/s1.